The number of carbonyl (C=O) groups excluding carboxylic acids is 2. The average Bonchev–Trinajstić information content (AvgIpc) is 2.64. The zero-order valence-electron chi connectivity index (χ0n) is 15.4. The van der Waals surface area contributed by atoms with E-state index in [9.17, 15) is 22.8 Å². The van der Waals surface area contributed by atoms with Gasteiger partial charge in [-0.3, -0.25) is 9.59 Å². The van der Waals surface area contributed by atoms with E-state index < -0.39 is 41.5 Å². The number of nitrogens with one attached hydrogen (secondary N) is 1. The summed E-state index contributed by atoms with van der Waals surface area (Å²) in [7, 11) is 0. The van der Waals surface area contributed by atoms with Crippen molar-refractivity contribution in [2.75, 3.05) is 16.8 Å². The van der Waals surface area contributed by atoms with Gasteiger partial charge in [0, 0.05) is 12.6 Å². The van der Waals surface area contributed by atoms with Crippen molar-refractivity contribution in [3.05, 3.63) is 58.9 Å². The second kappa shape index (κ2) is 8.70. The van der Waals surface area contributed by atoms with Crippen molar-refractivity contribution < 1.29 is 22.8 Å². The first kappa shape index (κ1) is 20.5. The summed E-state index contributed by atoms with van der Waals surface area (Å²) >= 11 is 0. The predicted octanol–water partition coefficient (Wildman–Crippen LogP) is 4.22. The van der Waals surface area contributed by atoms with Crippen molar-refractivity contribution in [3.8, 4) is 0 Å². The fraction of sp³-hybridized carbons (Fsp3) is 0.300. The highest BCUT2D eigenvalue weighted by atomic mass is 19.2. The quantitative estimate of drug-likeness (QED) is 0.765. The van der Waals surface area contributed by atoms with E-state index in [1.165, 1.54) is 0 Å². The van der Waals surface area contributed by atoms with E-state index in [2.05, 4.69) is 5.32 Å². The van der Waals surface area contributed by atoms with Gasteiger partial charge < -0.3 is 10.2 Å². The molecule has 1 N–H and O–H groups in total. The van der Waals surface area contributed by atoms with Gasteiger partial charge in [-0.25, -0.2) is 13.2 Å². The largest absolute Gasteiger partial charge is 0.324 e. The standard InChI is InChI=1S/C20H21F3N2O2/c1-4-13-7-6-8-14(5-2)20(13)24-17(27)11-25(12(3)26)16-10-9-15(21)18(22)19(16)23/h6-10H,4-5,11H2,1-3H3,(H,24,27). The van der Waals surface area contributed by atoms with E-state index in [1.54, 1.807) is 0 Å². The molecule has 0 aliphatic heterocycles. The van der Waals surface area contributed by atoms with Crippen LogP contribution in [0.25, 0.3) is 0 Å². The zero-order valence-corrected chi connectivity index (χ0v) is 15.4. The van der Waals surface area contributed by atoms with Crippen LogP contribution >= 0.6 is 0 Å². The molecule has 0 spiro atoms. The first-order valence-corrected chi connectivity index (χ1v) is 8.62. The van der Waals surface area contributed by atoms with Crippen molar-refractivity contribution in [3.63, 3.8) is 0 Å². The molecule has 0 aromatic heterocycles. The minimum absolute atomic E-state index is 0.490. The van der Waals surface area contributed by atoms with Gasteiger partial charge in [0.05, 0.1) is 5.69 Å². The van der Waals surface area contributed by atoms with Crippen LogP contribution in [0.15, 0.2) is 30.3 Å². The third-order valence-electron chi connectivity index (χ3n) is 4.25. The third kappa shape index (κ3) is 4.48. The Morgan fingerprint density at radius 2 is 1.56 bits per heavy atom. The molecule has 144 valence electrons. The summed E-state index contributed by atoms with van der Waals surface area (Å²) in [5, 5.41) is 2.76. The number of hydrogen-bond acceptors (Lipinski definition) is 2. The average molecular weight is 378 g/mol. The van der Waals surface area contributed by atoms with E-state index in [0.29, 0.717) is 24.6 Å². The molecule has 2 aromatic rings. The highest BCUT2D eigenvalue weighted by Gasteiger charge is 2.23. The number of aryl methyl sites for hydroxylation is 2. The molecule has 0 heterocycles. The van der Waals surface area contributed by atoms with Gasteiger partial charge in [-0.15, -0.1) is 0 Å². The van der Waals surface area contributed by atoms with Gasteiger partial charge in [0.15, 0.2) is 17.5 Å². The van der Waals surface area contributed by atoms with Crippen LogP contribution in [0, 0.1) is 17.5 Å². The summed E-state index contributed by atoms with van der Waals surface area (Å²) in [6.07, 6.45) is 1.38. The molecular formula is C20H21F3N2O2. The molecule has 0 bridgehead atoms. The number of nitrogens with zero attached hydrogens (tertiary/aromatic N) is 1. The summed E-state index contributed by atoms with van der Waals surface area (Å²) in [5.74, 6) is -5.81. The van der Waals surface area contributed by atoms with Crippen molar-refractivity contribution in [2.45, 2.75) is 33.6 Å². The van der Waals surface area contributed by atoms with E-state index in [4.69, 9.17) is 0 Å². The molecule has 2 amide bonds. The highest BCUT2D eigenvalue weighted by molar-refractivity contribution is 6.02. The Labute approximate surface area is 156 Å². The second-order valence-corrected chi connectivity index (χ2v) is 6.01. The SMILES string of the molecule is CCc1cccc(CC)c1NC(=O)CN(C(C)=O)c1ccc(F)c(F)c1F. The van der Waals surface area contributed by atoms with Gasteiger partial charge >= 0.3 is 0 Å². The Balaban J connectivity index is 2.30. The normalized spacial score (nSPS) is 10.6. The van der Waals surface area contributed by atoms with Crippen LogP contribution in [-0.2, 0) is 22.4 Å². The number of benzene rings is 2. The number of para-hydroxylation sites is 1. The van der Waals surface area contributed by atoms with Crippen LogP contribution in [0.2, 0.25) is 0 Å². The fourth-order valence-electron chi connectivity index (χ4n) is 2.82. The molecule has 0 aliphatic carbocycles. The molecule has 0 unspecified atom stereocenters. The van der Waals surface area contributed by atoms with Gasteiger partial charge in [0.25, 0.3) is 0 Å². The molecule has 0 fully saturated rings. The molecule has 27 heavy (non-hydrogen) atoms. The van der Waals surface area contributed by atoms with Crippen LogP contribution < -0.4 is 10.2 Å². The third-order valence-corrected chi connectivity index (χ3v) is 4.25. The number of hydrogen-bond donors (Lipinski definition) is 1. The lowest BCUT2D eigenvalue weighted by Crippen LogP contribution is -2.37. The van der Waals surface area contributed by atoms with E-state index in [-0.39, 0.29) is 0 Å². The smallest absolute Gasteiger partial charge is 0.244 e. The molecule has 0 atom stereocenters. The molecule has 0 saturated heterocycles. The van der Waals surface area contributed by atoms with Crippen LogP contribution in [0.5, 0.6) is 0 Å². The van der Waals surface area contributed by atoms with E-state index in [0.717, 1.165) is 29.0 Å². The molecule has 4 nitrogen and oxygen atoms in total. The van der Waals surface area contributed by atoms with E-state index >= 15 is 0 Å². The lowest BCUT2D eigenvalue weighted by Gasteiger charge is -2.22. The maximum atomic E-state index is 14.0. The van der Waals surface area contributed by atoms with Crippen LogP contribution in [-0.4, -0.2) is 18.4 Å². The summed E-state index contributed by atoms with van der Waals surface area (Å²) in [4.78, 5) is 25.2. The Bertz CT molecular complexity index is 846. The Morgan fingerprint density at radius 3 is 2.07 bits per heavy atom. The van der Waals surface area contributed by atoms with Gasteiger partial charge in [-0.05, 0) is 36.1 Å². The molecule has 0 saturated carbocycles. The predicted molar refractivity (Wildman–Crippen MR) is 98.2 cm³/mol. The van der Waals surface area contributed by atoms with E-state index in [1.807, 2.05) is 32.0 Å². The van der Waals surface area contributed by atoms with Crippen molar-refractivity contribution >= 4 is 23.2 Å². The van der Waals surface area contributed by atoms with Crippen molar-refractivity contribution in [2.24, 2.45) is 0 Å². The summed E-state index contributed by atoms with van der Waals surface area (Å²) < 4.78 is 40.7. The second-order valence-electron chi connectivity index (χ2n) is 6.01. The number of rotatable bonds is 6. The topological polar surface area (TPSA) is 49.4 Å². The maximum Gasteiger partial charge on any atom is 0.244 e. The molecule has 0 radical (unpaired) electrons. The van der Waals surface area contributed by atoms with Crippen LogP contribution in [0.1, 0.15) is 31.9 Å². The molecule has 2 aromatic carbocycles. The minimum atomic E-state index is -1.69. The maximum absolute atomic E-state index is 14.0. The molecule has 2 rings (SSSR count). The molecule has 7 heteroatoms. The minimum Gasteiger partial charge on any atom is -0.324 e. The number of carbonyl (C=O) groups is 2. The van der Waals surface area contributed by atoms with Gasteiger partial charge in [0.1, 0.15) is 6.54 Å². The first-order valence-electron chi connectivity index (χ1n) is 8.62. The Kier molecular flexibility index (Phi) is 6.60. The number of anilines is 2. The lowest BCUT2D eigenvalue weighted by atomic mass is 10.0. The zero-order chi connectivity index (χ0) is 20.1. The number of amides is 2. The van der Waals surface area contributed by atoms with Crippen LogP contribution in [0.4, 0.5) is 24.5 Å². The fourth-order valence-corrected chi connectivity index (χ4v) is 2.82. The van der Waals surface area contributed by atoms with Crippen molar-refractivity contribution in [1.82, 2.24) is 0 Å². The molecular weight excluding hydrogens is 357 g/mol. The van der Waals surface area contributed by atoms with Gasteiger partial charge in [0.2, 0.25) is 11.8 Å². The summed E-state index contributed by atoms with van der Waals surface area (Å²) in [5.41, 5.74) is 2.02. The van der Waals surface area contributed by atoms with Crippen molar-refractivity contribution in [1.29, 1.82) is 0 Å². The van der Waals surface area contributed by atoms with Gasteiger partial charge in [-0.2, -0.15) is 0 Å². The summed E-state index contributed by atoms with van der Waals surface area (Å²) in [6.45, 7) is 4.48. The number of halogens is 3. The summed E-state index contributed by atoms with van der Waals surface area (Å²) in [6, 6.07) is 7.30. The highest BCUT2D eigenvalue weighted by Crippen LogP contribution is 2.25. The Hall–Kier alpha value is -2.83. The van der Waals surface area contributed by atoms with Gasteiger partial charge in [-0.1, -0.05) is 32.0 Å². The first-order chi connectivity index (χ1) is 12.8. The lowest BCUT2D eigenvalue weighted by molar-refractivity contribution is -0.120. The molecule has 0 aliphatic rings. The van der Waals surface area contributed by atoms with Crippen LogP contribution in [0.3, 0.4) is 0 Å². The monoisotopic (exact) mass is 378 g/mol. The Morgan fingerprint density at radius 1 is 0.963 bits per heavy atom.